The van der Waals surface area contributed by atoms with Crippen LogP contribution in [0.15, 0.2) is 0 Å². The molecule has 2 rings (SSSR count). The Balaban J connectivity index is 2.10. The highest BCUT2D eigenvalue weighted by Crippen LogP contribution is 2.48. The molecule has 1 fully saturated rings. The fourth-order valence-corrected chi connectivity index (χ4v) is 3.14. The van der Waals surface area contributed by atoms with Crippen LogP contribution in [0.4, 0.5) is 0 Å². The van der Waals surface area contributed by atoms with Crippen LogP contribution < -0.4 is 5.32 Å². The SMILES string of the molecule is CCNCc1sc(C2CC2C)nc1COC. The molecule has 2 atom stereocenters. The second-order valence-corrected chi connectivity index (χ2v) is 5.57. The van der Waals surface area contributed by atoms with E-state index < -0.39 is 0 Å². The Labute approximate surface area is 101 Å². The lowest BCUT2D eigenvalue weighted by atomic mass is 10.3. The standard InChI is InChI=1S/C12H20N2OS/c1-4-13-6-11-10(7-15-3)14-12(16-11)9-5-8(9)2/h8-9,13H,4-7H2,1-3H3. The first-order chi connectivity index (χ1) is 7.76. The summed E-state index contributed by atoms with van der Waals surface area (Å²) in [4.78, 5) is 6.06. The summed E-state index contributed by atoms with van der Waals surface area (Å²) in [5.74, 6) is 1.55. The molecule has 0 spiro atoms. The van der Waals surface area contributed by atoms with Gasteiger partial charge >= 0.3 is 0 Å². The van der Waals surface area contributed by atoms with E-state index in [1.54, 1.807) is 7.11 Å². The quantitative estimate of drug-likeness (QED) is 0.829. The molecule has 1 saturated carbocycles. The molecule has 90 valence electrons. The predicted octanol–water partition coefficient (Wildman–Crippen LogP) is 2.52. The van der Waals surface area contributed by atoms with Crippen molar-refractivity contribution in [3.63, 3.8) is 0 Å². The Morgan fingerprint density at radius 1 is 1.56 bits per heavy atom. The zero-order valence-electron chi connectivity index (χ0n) is 10.2. The van der Waals surface area contributed by atoms with Gasteiger partial charge in [0, 0.05) is 24.4 Å². The van der Waals surface area contributed by atoms with Crippen LogP contribution in [0.5, 0.6) is 0 Å². The van der Waals surface area contributed by atoms with Crippen molar-refractivity contribution < 1.29 is 4.74 Å². The van der Waals surface area contributed by atoms with Gasteiger partial charge in [-0.3, -0.25) is 0 Å². The maximum Gasteiger partial charge on any atom is 0.0966 e. The molecule has 1 aromatic rings. The Morgan fingerprint density at radius 3 is 2.88 bits per heavy atom. The largest absolute Gasteiger partial charge is 0.378 e. The summed E-state index contributed by atoms with van der Waals surface area (Å²) in [6.45, 7) is 6.98. The van der Waals surface area contributed by atoms with Crippen molar-refractivity contribution in [1.82, 2.24) is 10.3 Å². The highest BCUT2D eigenvalue weighted by Gasteiger charge is 2.37. The Hall–Kier alpha value is -0.450. The van der Waals surface area contributed by atoms with Gasteiger partial charge in [-0.25, -0.2) is 4.98 Å². The molecule has 16 heavy (non-hydrogen) atoms. The van der Waals surface area contributed by atoms with Crippen molar-refractivity contribution in [3.8, 4) is 0 Å². The van der Waals surface area contributed by atoms with Crippen LogP contribution in [-0.4, -0.2) is 18.6 Å². The summed E-state index contributed by atoms with van der Waals surface area (Å²) in [7, 11) is 1.73. The molecule has 1 aliphatic carbocycles. The van der Waals surface area contributed by atoms with Crippen LogP contribution >= 0.6 is 11.3 Å². The molecule has 0 radical (unpaired) electrons. The number of nitrogens with one attached hydrogen (secondary N) is 1. The molecular weight excluding hydrogens is 220 g/mol. The Bertz CT molecular complexity index is 351. The van der Waals surface area contributed by atoms with E-state index in [2.05, 4.69) is 19.2 Å². The molecule has 1 heterocycles. The van der Waals surface area contributed by atoms with Crippen LogP contribution in [0.25, 0.3) is 0 Å². The number of hydrogen-bond donors (Lipinski definition) is 1. The van der Waals surface area contributed by atoms with Crippen molar-refractivity contribution in [2.45, 2.75) is 39.3 Å². The third-order valence-electron chi connectivity index (χ3n) is 3.04. The topological polar surface area (TPSA) is 34.2 Å². The van der Waals surface area contributed by atoms with E-state index in [-0.39, 0.29) is 0 Å². The summed E-state index contributed by atoms with van der Waals surface area (Å²) < 4.78 is 5.21. The van der Waals surface area contributed by atoms with Gasteiger partial charge in [0.25, 0.3) is 0 Å². The van der Waals surface area contributed by atoms with E-state index >= 15 is 0 Å². The molecule has 1 N–H and O–H groups in total. The van der Waals surface area contributed by atoms with Gasteiger partial charge in [-0.05, 0) is 18.9 Å². The molecule has 2 unspecified atom stereocenters. The van der Waals surface area contributed by atoms with Crippen molar-refractivity contribution in [2.24, 2.45) is 5.92 Å². The van der Waals surface area contributed by atoms with Crippen LogP contribution in [0.1, 0.15) is 41.8 Å². The van der Waals surface area contributed by atoms with Gasteiger partial charge in [-0.1, -0.05) is 13.8 Å². The average molecular weight is 240 g/mol. The first-order valence-electron chi connectivity index (χ1n) is 5.94. The second-order valence-electron chi connectivity index (χ2n) is 4.45. The summed E-state index contributed by atoms with van der Waals surface area (Å²) >= 11 is 1.86. The highest BCUT2D eigenvalue weighted by molar-refractivity contribution is 7.11. The molecule has 1 aliphatic rings. The van der Waals surface area contributed by atoms with Crippen molar-refractivity contribution in [3.05, 3.63) is 15.6 Å². The summed E-state index contributed by atoms with van der Waals surface area (Å²) in [5, 5.41) is 4.67. The minimum absolute atomic E-state index is 0.637. The number of thiazole rings is 1. The maximum atomic E-state index is 5.21. The van der Waals surface area contributed by atoms with Crippen LogP contribution in [0, 0.1) is 5.92 Å². The van der Waals surface area contributed by atoms with Gasteiger partial charge in [0.2, 0.25) is 0 Å². The second kappa shape index (κ2) is 5.25. The lowest BCUT2D eigenvalue weighted by molar-refractivity contribution is 0.181. The molecule has 0 bridgehead atoms. The van der Waals surface area contributed by atoms with E-state index in [4.69, 9.17) is 9.72 Å². The number of nitrogens with zero attached hydrogens (tertiary/aromatic N) is 1. The smallest absolute Gasteiger partial charge is 0.0966 e. The summed E-state index contributed by atoms with van der Waals surface area (Å²) in [6, 6.07) is 0. The Kier molecular flexibility index (Phi) is 3.95. The third-order valence-corrected chi connectivity index (χ3v) is 4.27. The van der Waals surface area contributed by atoms with Gasteiger partial charge in [0.1, 0.15) is 0 Å². The van der Waals surface area contributed by atoms with Gasteiger partial charge < -0.3 is 10.1 Å². The molecule has 1 aromatic heterocycles. The number of rotatable bonds is 6. The van der Waals surface area contributed by atoms with Crippen molar-refractivity contribution >= 4 is 11.3 Å². The lowest BCUT2D eigenvalue weighted by Crippen LogP contribution is -2.12. The predicted molar refractivity (Wildman–Crippen MR) is 66.7 cm³/mol. The summed E-state index contributed by atoms with van der Waals surface area (Å²) in [5.41, 5.74) is 1.13. The fourth-order valence-electron chi connectivity index (χ4n) is 1.85. The normalized spacial score (nSPS) is 23.7. The molecule has 0 aromatic carbocycles. The highest BCUT2D eigenvalue weighted by atomic mass is 32.1. The van der Waals surface area contributed by atoms with Crippen LogP contribution in [0.2, 0.25) is 0 Å². The zero-order chi connectivity index (χ0) is 11.5. The maximum absolute atomic E-state index is 5.21. The Morgan fingerprint density at radius 2 is 2.31 bits per heavy atom. The molecule has 0 amide bonds. The number of hydrogen-bond acceptors (Lipinski definition) is 4. The minimum atomic E-state index is 0.637. The molecule has 3 nitrogen and oxygen atoms in total. The zero-order valence-corrected chi connectivity index (χ0v) is 11.1. The van der Waals surface area contributed by atoms with Crippen LogP contribution in [0.3, 0.4) is 0 Å². The van der Waals surface area contributed by atoms with Gasteiger partial charge in [0.05, 0.1) is 17.3 Å². The van der Waals surface area contributed by atoms with Gasteiger partial charge in [0.15, 0.2) is 0 Å². The molecule has 4 heteroatoms. The number of ether oxygens (including phenoxy) is 1. The van der Waals surface area contributed by atoms with Crippen molar-refractivity contribution in [1.29, 1.82) is 0 Å². The lowest BCUT2D eigenvalue weighted by Gasteiger charge is -2.00. The first kappa shape index (κ1) is 12.0. The monoisotopic (exact) mass is 240 g/mol. The van der Waals surface area contributed by atoms with Gasteiger partial charge in [-0.15, -0.1) is 11.3 Å². The molecular formula is C12H20N2OS. The van der Waals surface area contributed by atoms with Crippen LogP contribution in [-0.2, 0) is 17.9 Å². The third kappa shape index (κ3) is 2.62. The minimum Gasteiger partial charge on any atom is -0.378 e. The first-order valence-corrected chi connectivity index (χ1v) is 6.76. The van der Waals surface area contributed by atoms with E-state index in [0.717, 1.165) is 30.6 Å². The van der Waals surface area contributed by atoms with E-state index in [1.165, 1.54) is 16.3 Å². The fraction of sp³-hybridized carbons (Fsp3) is 0.750. The number of aromatic nitrogens is 1. The van der Waals surface area contributed by atoms with E-state index in [1.807, 2.05) is 11.3 Å². The van der Waals surface area contributed by atoms with Crippen molar-refractivity contribution in [2.75, 3.05) is 13.7 Å². The summed E-state index contributed by atoms with van der Waals surface area (Å²) in [6.07, 6.45) is 1.31. The van der Waals surface area contributed by atoms with Gasteiger partial charge in [-0.2, -0.15) is 0 Å². The number of methoxy groups -OCH3 is 1. The van der Waals surface area contributed by atoms with E-state index in [0.29, 0.717) is 6.61 Å². The van der Waals surface area contributed by atoms with E-state index in [9.17, 15) is 0 Å². The molecule has 0 saturated heterocycles. The average Bonchev–Trinajstić information content (AvgIpc) is 2.87. The molecule has 0 aliphatic heterocycles.